The molecule has 1 rings (SSSR count). The minimum atomic E-state index is -4.63. The Morgan fingerprint density at radius 2 is 1.62 bits per heavy atom. The van der Waals surface area contributed by atoms with E-state index in [1.54, 1.807) is 0 Å². The van der Waals surface area contributed by atoms with E-state index in [1.807, 2.05) is 0 Å². The summed E-state index contributed by atoms with van der Waals surface area (Å²) in [6.45, 7) is 0. The zero-order valence-electron chi connectivity index (χ0n) is 6.35. The van der Waals surface area contributed by atoms with Gasteiger partial charge in [0, 0.05) is 5.02 Å². The van der Waals surface area contributed by atoms with Crippen LogP contribution >= 0.6 is 11.6 Å². The number of hydrogen-bond donors (Lipinski definition) is 1. The monoisotopic (exact) mass is 210 g/mol. The molecule has 0 saturated carbocycles. The molecule has 1 aromatic carbocycles. The fraction of sp³-hybridized carbons (Fsp3) is 0.250. The summed E-state index contributed by atoms with van der Waals surface area (Å²) in [5.74, 6) is 0. The molecule has 0 fully saturated rings. The second-order valence-electron chi connectivity index (χ2n) is 2.50. The van der Waals surface area contributed by atoms with Crippen LogP contribution in [-0.2, 0) is 0 Å². The van der Waals surface area contributed by atoms with Gasteiger partial charge < -0.3 is 5.11 Å². The highest BCUT2D eigenvalue weighted by Gasteiger charge is 2.39. The molecular formula is C8H6ClF3O. The Balaban J connectivity index is 2.90. The number of benzene rings is 1. The first-order chi connectivity index (χ1) is 5.91. The van der Waals surface area contributed by atoms with Crippen molar-refractivity contribution in [1.82, 2.24) is 0 Å². The number of alkyl halides is 3. The zero-order valence-corrected chi connectivity index (χ0v) is 7.10. The van der Waals surface area contributed by atoms with Crippen LogP contribution < -0.4 is 0 Å². The molecule has 1 nitrogen and oxygen atoms in total. The maximum Gasteiger partial charge on any atom is 0.418 e. The van der Waals surface area contributed by atoms with E-state index in [4.69, 9.17) is 16.7 Å². The van der Waals surface area contributed by atoms with Crippen LogP contribution in [-0.4, -0.2) is 11.3 Å². The first-order valence-corrected chi connectivity index (χ1v) is 3.79. The van der Waals surface area contributed by atoms with Crippen molar-refractivity contribution < 1.29 is 18.3 Å². The maximum absolute atomic E-state index is 12.0. The van der Waals surface area contributed by atoms with Crippen LogP contribution in [0.25, 0.3) is 0 Å². The Hall–Kier alpha value is -0.740. The topological polar surface area (TPSA) is 20.2 Å². The summed E-state index contributed by atoms with van der Waals surface area (Å²) >= 11 is 5.47. The maximum atomic E-state index is 12.0. The summed E-state index contributed by atoms with van der Waals surface area (Å²) in [5, 5.41) is 9.11. The third-order valence-corrected chi connectivity index (χ3v) is 1.75. The Kier molecular flexibility index (Phi) is 2.83. The summed E-state index contributed by atoms with van der Waals surface area (Å²) in [4.78, 5) is 0. The average molecular weight is 211 g/mol. The number of halogens is 4. The van der Waals surface area contributed by atoms with Crippen molar-refractivity contribution in [3.05, 3.63) is 34.9 Å². The second kappa shape index (κ2) is 3.55. The molecule has 0 bridgehead atoms. The van der Waals surface area contributed by atoms with Crippen molar-refractivity contribution in [2.75, 3.05) is 0 Å². The van der Waals surface area contributed by atoms with Crippen LogP contribution in [0.4, 0.5) is 13.2 Å². The van der Waals surface area contributed by atoms with Crippen LogP contribution in [0.2, 0.25) is 5.02 Å². The molecule has 0 saturated heterocycles. The van der Waals surface area contributed by atoms with Gasteiger partial charge in [0.2, 0.25) is 0 Å². The SMILES string of the molecule is O[C@@H](c1ccc(Cl)cc1)C(F)(F)F. The molecule has 0 heterocycles. The number of aliphatic hydroxyl groups is 1. The van der Waals surface area contributed by atoms with Gasteiger partial charge in [0.1, 0.15) is 0 Å². The molecule has 72 valence electrons. The lowest BCUT2D eigenvalue weighted by molar-refractivity contribution is -0.206. The molecule has 1 aromatic rings. The molecular weight excluding hydrogens is 205 g/mol. The van der Waals surface area contributed by atoms with Gasteiger partial charge in [0.25, 0.3) is 0 Å². The molecule has 0 aliphatic carbocycles. The smallest absolute Gasteiger partial charge is 0.379 e. The van der Waals surface area contributed by atoms with E-state index in [2.05, 4.69) is 0 Å². The Morgan fingerprint density at radius 1 is 1.15 bits per heavy atom. The number of aliphatic hydroxyl groups excluding tert-OH is 1. The van der Waals surface area contributed by atoms with E-state index < -0.39 is 12.3 Å². The van der Waals surface area contributed by atoms with Crippen molar-refractivity contribution in [2.45, 2.75) is 12.3 Å². The van der Waals surface area contributed by atoms with E-state index in [0.717, 1.165) is 12.1 Å². The largest absolute Gasteiger partial charge is 0.418 e. The minimum absolute atomic E-state index is 0.211. The summed E-state index contributed by atoms with van der Waals surface area (Å²) < 4.78 is 35.9. The Labute approximate surface area is 77.8 Å². The molecule has 0 radical (unpaired) electrons. The van der Waals surface area contributed by atoms with Crippen molar-refractivity contribution in [2.24, 2.45) is 0 Å². The lowest BCUT2D eigenvalue weighted by Gasteiger charge is -2.14. The fourth-order valence-corrected chi connectivity index (χ4v) is 0.960. The van der Waals surface area contributed by atoms with Crippen molar-refractivity contribution in [3.63, 3.8) is 0 Å². The minimum Gasteiger partial charge on any atom is -0.379 e. The third kappa shape index (κ3) is 2.60. The number of hydrogen-bond acceptors (Lipinski definition) is 1. The lowest BCUT2D eigenvalue weighted by Crippen LogP contribution is -2.19. The summed E-state index contributed by atoms with van der Waals surface area (Å²) in [7, 11) is 0. The quantitative estimate of drug-likeness (QED) is 0.756. The van der Waals surface area contributed by atoms with Crippen molar-refractivity contribution in [3.8, 4) is 0 Å². The Bertz CT molecular complexity index is 280. The highest BCUT2D eigenvalue weighted by molar-refractivity contribution is 6.30. The van der Waals surface area contributed by atoms with Gasteiger partial charge in [0.15, 0.2) is 6.10 Å². The van der Waals surface area contributed by atoms with Gasteiger partial charge >= 0.3 is 6.18 Å². The normalized spacial score (nSPS) is 14.2. The van der Waals surface area contributed by atoms with E-state index in [-0.39, 0.29) is 5.56 Å². The van der Waals surface area contributed by atoms with E-state index in [9.17, 15) is 13.2 Å². The van der Waals surface area contributed by atoms with E-state index >= 15 is 0 Å². The predicted molar refractivity (Wildman–Crippen MR) is 42.5 cm³/mol. The van der Waals surface area contributed by atoms with Crippen LogP contribution in [0.15, 0.2) is 24.3 Å². The molecule has 1 N–H and O–H groups in total. The third-order valence-electron chi connectivity index (χ3n) is 1.50. The molecule has 0 unspecified atom stereocenters. The van der Waals surface area contributed by atoms with Crippen LogP contribution in [0.1, 0.15) is 11.7 Å². The molecule has 5 heteroatoms. The molecule has 1 atom stereocenters. The van der Waals surface area contributed by atoms with Gasteiger partial charge in [-0.3, -0.25) is 0 Å². The fourth-order valence-electron chi connectivity index (χ4n) is 0.834. The zero-order chi connectivity index (χ0) is 10.1. The van der Waals surface area contributed by atoms with Crippen LogP contribution in [0.5, 0.6) is 0 Å². The molecule has 0 spiro atoms. The average Bonchev–Trinajstić information content (AvgIpc) is 2.03. The standard InChI is InChI=1S/C8H6ClF3O/c9-6-3-1-5(2-4-6)7(13)8(10,11)12/h1-4,7,13H/t7-/m0/s1. The van der Waals surface area contributed by atoms with Gasteiger partial charge in [-0.05, 0) is 17.7 Å². The molecule has 0 amide bonds. The molecule has 0 aliphatic rings. The van der Waals surface area contributed by atoms with Crippen LogP contribution in [0, 0.1) is 0 Å². The van der Waals surface area contributed by atoms with Crippen molar-refractivity contribution in [1.29, 1.82) is 0 Å². The molecule has 0 aliphatic heterocycles. The summed E-state index contributed by atoms with van der Waals surface area (Å²) in [6.07, 6.45) is -7.07. The summed E-state index contributed by atoms with van der Waals surface area (Å²) in [5.41, 5.74) is -0.211. The highest BCUT2D eigenvalue weighted by Crippen LogP contribution is 2.32. The van der Waals surface area contributed by atoms with Gasteiger partial charge in [-0.1, -0.05) is 23.7 Å². The predicted octanol–water partition coefficient (Wildman–Crippen LogP) is 2.94. The van der Waals surface area contributed by atoms with Crippen molar-refractivity contribution >= 4 is 11.6 Å². The first kappa shape index (κ1) is 10.3. The van der Waals surface area contributed by atoms with E-state index in [1.165, 1.54) is 12.1 Å². The van der Waals surface area contributed by atoms with Gasteiger partial charge in [-0.15, -0.1) is 0 Å². The lowest BCUT2D eigenvalue weighted by atomic mass is 10.1. The molecule has 0 aromatic heterocycles. The second-order valence-corrected chi connectivity index (χ2v) is 2.93. The van der Waals surface area contributed by atoms with Crippen LogP contribution in [0.3, 0.4) is 0 Å². The molecule has 13 heavy (non-hydrogen) atoms. The first-order valence-electron chi connectivity index (χ1n) is 3.41. The van der Waals surface area contributed by atoms with E-state index in [0.29, 0.717) is 5.02 Å². The van der Waals surface area contributed by atoms with Gasteiger partial charge in [0.05, 0.1) is 0 Å². The highest BCUT2D eigenvalue weighted by atomic mass is 35.5. The Morgan fingerprint density at radius 3 is 2.00 bits per heavy atom. The van der Waals surface area contributed by atoms with Gasteiger partial charge in [-0.25, -0.2) is 0 Å². The summed E-state index contributed by atoms with van der Waals surface area (Å²) in [6, 6.07) is 4.87. The number of rotatable bonds is 1. The van der Waals surface area contributed by atoms with Gasteiger partial charge in [-0.2, -0.15) is 13.2 Å².